The van der Waals surface area contributed by atoms with E-state index in [0.717, 1.165) is 57.8 Å². The van der Waals surface area contributed by atoms with Gasteiger partial charge in [0.2, 0.25) is 17.7 Å². The number of nitroso groups, excluding NO2 is 1. The molecular weight excluding hydrogens is 550 g/mol. The van der Waals surface area contributed by atoms with Crippen LogP contribution in [0.3, 0.4) is 0 Å². The highest BCUT2D eigenvalue weighted by molar-refractivity contribution is 5.87. The van der Waals surface area contributed by atoms with Gasteiger partial charge in [-0.1, -0.05) is 69.4 Å². The van der Waals surface area contributed by atoms with Crippen molar-refractivity contribution in [1.82, 2.24) is 16.0 Å². The maximum absolute atomic E-state index is 12.2. The molecule has 1 unspecified atom stereocenters. The monoisotopic (exact) mass is 597 g/mol. The summed E-state index contributed by atoms with van der Waals surface area (Å²) in [4.78, 5) is 67.5. The summed E-state index contributed by atoms with van der Waals surface area (Å²) in [6.45, 7) is -0.577. The summed E-state index contributed by atoms with van der Waals surface area (Å²) in [7, 11) is 0. The molecule has 2 atom stereocenters. The number of hydrogen-bond acceptors (Lipinski definition) is 10. The van der Waals surface area contributed by atoms with E-state index in [4.69, 9.17) is 16.4 Å². The molecule has 0 bridgehead atoms. The van der Waals surface area contributed by atoms with Gasteiger partial charge in [-0.15, -0.1) is 0 Å². The molecular formula is C27H47N7O8. The Balaban J connectivity index is 4.14. The van der Waals surface area contributed by atoms with Crippen LogP contribution in [-0.4, -0.2) is 65.0 Å². The lowest BCUT2D eigenvalue weighted by atomic mass is 10.0. The van der Waals surface area contributed by atoms with Crippen molar-refractivity contribution in [2.45, 2.75) is 115 Å². The third-order valence-electron chi connectivity index (χ3n) is 6.47. The molecule has 0 saturated carbocycles. The van der Waals surface area contributed by atoms with Crippen molar-refractivity contribution in [2.24, 2.45) is 16.0 Å². The number of carbonyl (C=O) groups is 5. The van der Waals surface area contributed by atoms with Gasteiger partial charge in [-0.25, -0.2) is 10.3 Å². The van der Waals surface area contributed by atoms with Gasteiger partial charge in [-0.05, 0) is 19.3 Å². The van der Waals surface area contributed by atoms with Crippen LogP contribution in [-0.2, 0) is 24.0 Å². The molecule has 0 spiro atoms. The molecule has 0 radical (unpaired) electrons. The van der Waals surface area contributed by atoms with Crippen LogP contribution >= 0.6 is 0 Å². The maximum atomic E-state index is 12.2. The van der Waals surface area contributed by atoms with Gasteiger partial charge >= 0.3 is 11.9 Å². The van der Waals surface area contributed by atoms with Crippen LogP contribution in [0.15, 0.2) is 22.2 Å². The van der Waals surface area contributed by atoms with Crippen molar-refractivity contribution in [2.75, 3.05) is 13.1 Å². The van der Waals surface area contributed by atoms with Gasteiger partial charge in [-0.3, -0.25) is 19.2 Å². The third-order valence-corrected chi connectivity index (χ3v) is 6.47. The first kappa shape index (κ1) is 38.1. The normalized spacial score (nSPS) is 12.5. The summed E-state index contributed by atoms with van der Waals surface area (Å²) in [6, 6.07) is -2.33. The van der Waals surface area contributed by atoms with Gasteiger partial charge in [0.1, 0.15) is 12.1 Å². The van der Waals surface area contributed by atoms with E-state index in [1.54, 1.807) is 0 Å². The van der Waals surface area contributed by atoms with Crippen LogP contribution < -0.4 is 21.7 Å². The van der Waals surface area contributed by atoms with E-state index in [1.807, 2.05) is 0 Å². The highest BCUT2D eigenvalue weighted by atomic mass is 16.4. The van der Waals surface area contributed by atoms with Gasteiger partial charge in [0.15, 0.2) is 6.54 Å². The van der Waals surface area contributed by atoms with Gasteiger partial charge < -0.3 is 31.9 Å². The van der Waals surface area contributed by atoms with Gasteiger partial charge in [0.25, 0.3) is 0 Å². The second-order valence-corrected chi connectivity index (χ2v) is 10.1. The summed E-state index contributed by atoms with van der Waals surface area (Å²) in [5.41, 5.74) is 12.5. The van der Waals surface area contributed by atoms with Crippen LogP contribution in [0.2, 0.25) is 0 Å². The number of primary amides is 1. The van der Waals surface area contributed by atoms with Crippen molar-refractivity contribution in [3.63, 3.8) is 0 Å². The molecule has 0 saturated heterocycles. The number of amides is 3. The van der Waals surface area contributed by atoms with E-state index >= 15 is 0 Å². The molecule has 0 fully saturated rings. The highest BCUT2D eigenvalue weighted by Gasteiger charge is 2.21. The second kappa shape index (κ2) is 24.9. The van der Waals surface area contributed by atoms with Crippen molar-refractivity contribution in [1.29, 1.82) is 5.53 Å². The topological polar surface area (TPSA) is 254 Å². The van der Waals surface area contributed by atoms with Crippen molar-refractivity contribution in [3.05, 3.63) is 16.8 Å². The zero-order valence-corrected chi connectivity index (χ0v) is 24.3. The van der Waals surface area contributed by atoms with Crippen molar-refractivity contribution < 1.29 is 34.2 Å². The number of carboxylic acid groups (broad SMARTS) is 2. The fourth-order valence-electron chi connectivity index (χ4n) is 4.14. The SMILES string of the molecule is N=N/C(=C\NCC[C@H](NC(=O)CCCCCCCCCCCCCCC(=O)O)C(=O)O)CC(NC(=O)CN=O)C(N)=O. The van der Waals surface area contributed by atoms with Gasteiger partial charge in [0, 0.05) is 32.0 Å². The number of rotatable bonds is 28. The fraction of sp³-hybridized carbons (Fsp3) is 0.741. The Morgan fingerprint density at radius 3 is 1.71 bits per heavy atom. The largest absolute Gasteiger partial charge is 0.481 e. The number of nitrogens with zero attached hydrogens (tertiary/aromatic N) is 2. The molecule has 42 heavy (non-hydrogen) atoms. The molecule has 3 amide bonds. The summed E-state index contributed by atoms with van der Waals surface area (Å²) in [6.07, 6.45) is 13.8. The number of carbonyl (C=O) groups excluding carboxylic acids is 3. The fourth-order valence-corrected chi connectivity index (χ4v) is 4.14. The Morgan fingerprint density at radius 2 is 1.26 bits per heavy atom. The minimum absolute atomic E-state index is 0.0408. The number of carboxylic acids is 2. The molecule has 15 heteroatoms. The molecule has 15 nitrogen and oxygen atoms in total. The minimum Gasteiger partial charge on any atom is -0.481 e. The first-order chi connectivity index (χ1) is 20.1. The Morgan fingerprint density at radius 1 is 0.762 bits per heavy atom. The molecule has 0 aliphatic carbocycles. The standard InChI is InChI=1S/C27H47N7O8/c28-26(39)22(33-24(36)19-31-42)17-20(34-29)18-30-16-15-21(27(40)41)32-23(35)13-11-9-7-5-3-1-2-4-6-8-10-12-14-25(37)38/h18,21-22,29-30H,1-17,19H2,(H2,28,39)(H,32,35)(H,33,36)(H,37,38)(H,40,41)/b20-18-,34-29?/t21-,22?/m0/s1. The van der Waals surface area contributed by atoms with Crippen molar-refractivity contribution in [3.8, 4) is 0 Å². The molecule has 0 aromatic heterocycles. The second-order valence-electron chi connectivity index (χ2n) is 10.1. The molecule has 0 aliphatic heterocycles. The van der Waals surface area contributed by atoms with Crippen LogP contribution in [0.4, 0.5) is 0 Å². The summed E-state index contributed by atoms with van der Waals surface area (Å²) < 4.78 is 0. The first-order valence-corrected chi connectivity index (χ1v) is 14.5. The Kier molecular flexibility index (Phi) is 22.5. The van der Waals surface area contributed by atoms with Crippen LogP contribution in [0, 0.1) is 10.4 Å². The van der Waals surface area contributed by atoms with E-state index in [1.165, 1.54) is 19.0 Å². The molecule has 0 rings (SSSR count). The van der Waals surface area contributed by atoms with E-state index in [-0.39, 0.29) is 43.8 Å². The number of aliphatic carboxylic acids is 2. The molecule has 0 aromatic carbocycles. The number of nitrogens with one attached hydrogen (secondary N) is 4. The van der Waals surface area contributed by atoms with Crippen molar-refractivity contribution >= 4 is 29.7 Å². The quantitative estimate of drug-likeness (QED) is 0.0396. The minimum atomic E-state index is -1.22. The predicted molar refractivity (Wildman–Crippen MR) is 154 cm³/mol. The number of unbranched alkanes of at least 4 members (excludes halogenated alkanes) is 11. The van der Waals surface area contributed by atoms with Crippen LogP contribution in [0.25, 0.3) is 0 Å². The first-order valence-electron chi connectivity index (χ1n) is 14.5. The number of nitrogens with two attached hydrogens (primary N) is 1. The molecule has 238 valence electrons. The average molecular weight is 598 g/mol. The van der Waals surface area contributed by atoms with Gasteiger partial charge in [0.05, 0.1) is 5.70 Å². The Bertz CT molecular complexity index is 898. The van der Waals surface area contributed by atoms with Gasteiger partial charge in [-0.2, -0.15) is 10.0 Å². The van der Waals surface area contributed by atoms with E-state index in [2.05, 4.69) is 26.2 Å². The molecule has 8 N–H and O–H groups in total. The van der Waals surface area contributed by atoms with E-state index in [0.29, 0.717) is 6.42 Å². The van der Waals surface area contributed by atoms with Crippen LogP contribution in [0.5, 0.6) is 0 Å². The maximum Gasteiger partial charge on any atom is 0.326 e. The lowest BCUT2D eigenvalue weighted by Gasteiger charge is -2.16. The lowest BCUT2D eigenvalue weighted by Crippen LogP contribution is -2.45. The lowest BCUT2D eigenvalue weighted by molar-refractivity contribution is -0.142. The average Bonchev–Trinajstić information content (AvgIpc) is 2.93. The summed E-state index contributed by atoms with van der Waals surface area (Å²) >= 11 is 0. The highest BCUT2D eigenvalue weighted by Crippen LogP contribution is 2.13. The Labute approximate surface area is 246 Å². The van der Waals surface area contributed by atoms with E-state index in [9.17, 15) is 34.0 Å². The molecule has 0 aromatic rings. The third kappa shape index (κ3) is 21.9. The molecule has 0 heterocycles. The summed E-state index contributed by atoms with van der Waals surface area (Å²) in [5, 5.41) is 31.2. The van der Waals surface area contributed by atoms with Crippen LogP contribution in [0.1, 0.15) is 103 Å². The van der Waals surface area contributed by atoms with E-state index < -0.39 is 42.4 Å². The predicted octanol–water partition coefficient (Wildman–Crippen LogP) is 3.08. The summed E-state index contributed by atoms with van der Waals surface area (Å²) in [5.74, 6) is -3.96. The zero-order valence-electron chi connectivity index (χ0n) is 24.3. The Hall–Kier alpha value is -3.91. The number of hydrogen-bond donors (Lipinski definition) is 7. The zero-order chi connectivity index (χ0) is 31.6. The molecule has 0 aliphatic rings. The smallest absolute Gasteiger partial charge is 0.326 e.